The highest BCUT2D eigenvalue weighted by atomic mass is 16.3. The Hall–Kier alpha value is -3.41. The monoisotopic (exact) mass is 346 g/mol. The maximum Gasteiger partial charge on any atom is 0.226 e. The first-order valence-electron chi connectivity index (χ1n) is 8.46. The highest BCUT2D eigenvalue weighted by Gasteiger charge is 2.08. The standard InChI is InChI=1S/C20H18N4O2/c25-19(9-8-17-7-3-13-26-17)22-18-10-12-24(23-18)14-16-5-1-4-15-6-2-11-21-20(15)16/h1-7,10-13H,8-9,14H2,(H,22,23,25). The van der Waals surface area contributed by atoms with Gasteiger partial charge < -0.3 is 9.73 Å². The van der Waals surface area contributed by atoms with E-state index in [1.54, 1.807) is 23.2 Å². The molecule has 0 radical (unpaired) electrons. The molecule has 0 saturated heterocycles. The largest absolute Gasteiger partial charge is 0.469 e. The minimum atomic E-state index is -0.0847. The molecule has 0 aliphatic carbocycles. The number of carbonyl (C=O) groups is 1. The van der Waals surface area contributed by atoms with Crippen LogP contribution in [0.2, 0.25) is 0 Å². The number of pyridine rings is 1. The van der Waals surface area contributed by atoms with Gasteiger partial charge in [-0.05, 0) is 23.8 Å². The summed E-state index contributed by atoms with van der Waals surface area (Å²) in [5, 5.41) is 8.35. The van der Waals surface area contributed by atoms with Crippen LogP contribution in [-0.2, 0) is 17.8 Å². The molecule has 3 aromatic heterocycles. The van der Waals surface area contributed by atoms with Crippen molar-refractivity contribution in [1.29, 1.82) is 0 Å². The van der Waals surface area contributed by atoms with E-state index in [-0.39, 0.29) is 5.91 Å². The lowest BCUT2D eigenvalue weighted by Crippen LogP contribution is -2.13. The SMILES string of the molecule is O=C(CCc1ccco1)Nc1ccn(Cc2cccc3cccnc23)n1. The topological polar surface area (TPSA) is 73.0 Å². The Bertz CT molecular complexity index is 1020. The van der Waals surface area contributed by atoms with Crippen LogP contribution in [0, 0.1) is 0 Å². The number of para-hydroxylation sites is 1. The average Bonchev–Trinajstić information content (AvgIpc) is 3.32. The van der Waals surface area contributed by atoms with Crippen LogP contribution in [0.1, 0.15) is 17.7 Å². The highest BCUT2D eigenvalue weighted by molar-refractivity contribution is 5.89. The number of hydrogen-bond donors (Lipinski definition) is 1. The van der Waals surface area contributed by atoms with Crippen molar-refractivity contribution in [2.75, 3.05) is 5.32 Å². The summed E-state index contributed by atoms with van der Waals surface area (Å²) < 4.78 is 7.03. The predicted molar refractivity (Wildman–Crippen MR) is 98.7 cm³/mol. The number of rotatable bonds is 6. The summed E-state index contributed by atoms with van der Waals surface area (Å²) in [5.74, 6) is 1.26. The van der Waals surface area contributed by atoms with Crippen molar-refractivity contribution in [3.8, 4) is 0 Å². The second-order valence-electron chi connectivity index (χ2n) is 6.02. The lowest BCUT2D eigenvalue weighted by molar-refractivity contribution is -0.116. The maximum atomic E-state index is 12.0. The number of amides is 1. The molecule has 0 fully saturated rings. The molecule has 0 bridgehead atoms. The summed E-state index contributed by atoms with van der Waals surface area (Å²) in [5.41, 5.74) is 2.05. The first kappa shape index (κ1) is 16.1. The van der Waals surface area contributed by atoms with Gasteiger partial charge in [-0.25, -0.2) is 0 Å². The van der Waals surface area contributed by atoms with E-state index >= 15 is 0 Å². The predicted octanol–water partition coefficient (Wildman–Crippen LogP) is 3.64. The Morgan fingerprint density at radius 3 is 2.92 bits per heavy atom. The number of aromatic nitrogens is 3. The second kappa shape index (κ2) is 7.23. The summed E-state index contributed by atoms with van der Waals surface area (Å²) in [6.45, 7) is 0.594. The van der Waals surface area contributed by atoms with Gasteiger partial charge in [0.05, 0.1) is 18.3 Å². The summed E-state index contributed by atoms with van der Waals surface area (Å²) in [4.78, 5) is 16.5. The second-order valence-corrected chi connectivity index (χ2v) is 6.02. The lowest BCUT2D eigenvalue weighted by atomic mass is 10.1. The molecular formula is C20H18N4O2. The Kier molecular flexibility index (Phi) is 4.47. The van der Waals surface area contributed by atoms with Crippen LogP contribution in [0.4, 0.5) is 5.82 Å². The van der Waals surface area contributed by atoms with Crippen LogP contribution in [-0.4, -0.2) is 20.7 Å². The number of fused-ring (bicyclic) bond motifs is 1. The molecule has 0 saturated carbocycles. The molecule has 0 atom stereocenters. The Morgan fingerprint density at radius 1 is 1.12 bits per heavy atom. The summed E-state index contributed by atoms with van der Waals surface area (Å²) in [6, 6.07) is 15.5. The van der Waals surface area contributed by atoms with E-state index in [9.17, 15) is 4.79 Å². The van der Waals surface area contributed by atoms with Crippen LogP contribution >= 0.6 is 0 Å². The third-order valence-electron chi connectivity index (χ3n) is 4.14. The number of furan rings is 1. The van der Waals surface area contributed by atoms with Gasteiger partial charge in [0.1, 0.15) is 5.76 Å². The van der Waals surface area contributed by atoms with Gasteiger partial charge in [-0.15, -0.1) is 0 Å². The number of hydrogen-bond acceptors (Lipinski definition) is 4. The average molecular weight is 346 g/mol. The molecule has 1 amide bonds. The quantitative estimate of drug-likeness (QED) is 0.578. The minimum Gasteiger partial charge on any atom is -0.469 e. The molecular weight excluding hydrogens is 328 g/mol. The zero-order valence-corrected chi connectivity index (χ0v) is 14.1. The van der Waals surface area contributed by atoms with Gasteiger partial charge in [-0.2, -0.15) is 5.10 Å². The van der Waals surface area contributed by atoms with Crippen LogP contribution in [0.3, 0.4) is 0 Å². The van der Waals surface area contributed by atoms with E-state index in [0.29, 0.717) is 25.2 Å². The molecule has 6 nitrogen and oxygen atoms in total. The third kappa shape index (κ3) is 3.64. The van der Waals surface area contributed by atoms with E-state index in [1.165, 1.54) is 0 Å². The van der Waals surface area contributed by atoms with E-state index in [0.717, 1.165) is 22.2 Å². The van der Waals surface area contributed by atoms with E-state index < -0.39 is 0 Å². The zero-order chi connectivity index (χ0) is 17.8. The molecule has 1 N–H and O–H groups in total. The van der Waals surface area contributed by atoms with Gasteiger partial charge in [0, 0.05) is 36.7 Å². The van der Waals surface area contributed by atoms with Crippen LogP contribution in [0.15, 0.2) is 71.6 Å². The first-order chi connectivity index (χ1) is 12.8. The normalized spacial score (nSPS) is 10.9. The van der Waals surface area contributed by atoms with Gasteiger partial charge >= 0.3 is 0 Å². The van der Waals surface area contributed by atoms with Gasteiger partial charge in [0.25, 0.3) is 0 Å². The number of aryl methyl sites for hydroxylation is 1. The fraction of sp³-hybridized carbons (Fsp3) is 0.150. The van der Waals surface area contributed by atoms with Crippen molar-refractivity contribution in [2.45, 2.75) is 19.4 Å². The Labute approximate surface area is 150 Å². The van der Waals surface area contributed by atoms with Gasteiger partial charge in [0.15, 0.2) is 5.82 Å². The Balaban J connectivity index is 1.40. The van der Waals surface area contributed by atoms with E-state index in [4.69, 9.17) is 4.42 Å². The fourth-order valence-electron chi connectivity index (χ4n) is 2.88. The number of anilines is 1. The van der Waals surface area contributed by atoms with Gasteiger partial charge in [-0.3, -0.25) is 14.5 Å². The van der Waals surface area contributed by atoms with Crippen molar-refractivity contribution in [3.05, 3.63) is 78.5 Å². The molecule has 6 heteroatoms. The fourth-order valence-corrected chi connectivity index (χ4v) is 2.88. The summed E-state index contributed by atoms with van der Waals surface area (Å²) in [7, 11) is 0. The minimum absolute atomic E-state index is 0.0847. The molecule has 0 aliphatic heterocycles. The molecule has 26 heavy (non-hydrogen) atoms. The zero-order valence-electron chi connectivity index (χ0n) is 14.1. The summed E-state index contributed by atoms with van der Waals surface area (Å²) in [6.07, 6.45) is 6.18. The molecule has 0 aliphatic rings. The molecule has 4 rings (SSSR count). The Morgan fingerprint density at radius 2 is 2.04 bits per heavy atom. The van der Waals surface area contributed by atoms with Crippen molar-refractivity contribution >= 4 is 22.6 Å². The van der Waals surface area contributed by atoms with Gasteiger partial charge in [-0.1, -0.05) is 24.3 Å². The maximum absolute atomic E-state index is 12.0. The number of carbonyl (C=O) groups excluding carboxylic acids is 1. The number of nitrogens with one attached hydrogen (secondary N) is 1. The van der Waals surface area contributed by atoms with Crippen molar-refractivity contribution in [3.63, 3.8) is 0 Å². The summed E-state index contributed by atoms with van der Waals surface area (Å²) >= 11 is 0. The molecule has 0 unspecified atom stereocenters. The molecule has 1 aromatic carbocycles. The van der Waals surface area contributed by atoms with Crippen molar-refractivity contribution in [1.82, 2.24) is 14.8 Å². The van der Waals surface area contributed by atoms with Crippen LogP contribution in [0.5, 0.6) is 0 Å². The smallest absolute Gasteiger partial charge is 0.226 e. The third-order valence-corrected chi connectivity index (χ3v) is 4.14. The van der Waals surface area contributed by atoms with E-state index in [1.807, 2.05) is 48.7 Å². The van der Waals surface area contributed by atoms with Crippen molar-refractivity contribution in [2.24, 2.45) is 0 Å². The molecule has 4 aromatic rings. The number of nitrogens with zero attached hydrogens (tertiary/aromatic N) is 3. The molecule has 0 spiro atoms. The molecule has 3 heterocycles. The van der Waals surface area contributed by atoms with Crippen LogP contribution < -0.4 is 5.32 Å². The van der Waals surface area contributed by atoms with Gasteiger partial charge in [0.2, 0.25) is 5.91 Å². The van der Waals surface area contributed by atoms with E-state index in [2.05, 4.69) is 15.4 Å². The first-order valence-corrected chi connectivity index (χ1v) is 8.46. The highest BCUT2D eigenvalue weighted by Crippen LogP contribution is 2.17. The number of benzene rings is 1. The lowest BCUT2D eigenvalue weighted by Gasteiger charge is -2.06. The van der Waals surface area contributed by atoms with Crippen LogP contribution in [0.25, 0.3) is 10.9 Å². The molecule has 130 valence electrons. The van der Waals surface area contributed by atoms with Crippen molar-refractivity contribution < 1.29 is 9.21 Å².